The Labute approximate surface area is 164 Å². The van der Waals surface area contributed by atoms with Crippen LogP contribution in [0.3, 0.4) is 0 Å². The fourth-order valence-corrected chi connectivity index (χ4v) is 3.75. The van der Waals surface area contributed by atoms with E-state index in [0.717, 1.165) is 11.3 Å². The van der Waals surface area contributed by atoms with Gasteiger partial charge < -0.3 is 9.08 Å². The van der Waals surface area contributed by atoms with Crippen molar-refractivity contribution in [2.24, 2.45) is 0 Å². The Balaban J connectivity index is 2.48. The quantitative estimate of drug-likeness (QED) is 0.457. The number of nitrogens with zero attached hydrogens (tertiary/aromatic N) is 1. The van der Waals surface area contributed by atoms with Gasteiger partial charge in [0.1, 0.15) is 4.90 Å². The molecule has 27 heavy (non-hydrogen) atoms. The van der Waals surface area contributed by atoms with Crippen LogP contribution in [0.25, 0.3) is 4.48 Å². The molecule has 0 saturated carbocycles. The minimum Gasteiger partial charge on any atom is -0.378 e. The zero-order chi connectivity index (χ0) is 20.4. The number of allylic oxidation sites excluding steroid dienone is 1. The van der Waals surface area contributed by atoms with Gasteiger partial charge in [-0.25, -0.2) is 0 Å². The Morgan fingerprint density at radius 1 is 1.00 bits per heavy atom. The van der Waals surface area contributed by atoms with Crippen molar-refractivity contribution in [2.45, 2.75) is 18.0 Å². The fraction of sp³-hybridized carbons (Fsp3) is 0.222. The van der Waals surface area contributed by atoms with Gasteiger partial charge in [0.25, 0.3) is 0 Å². The van der Waals surface area contributed by atoms with Crippen LogP contribution in [-0.2, 0) is 14.3 Å². The molecule has 0 amide bonds. The van der Waals surface area contributed by atoms with Crippen LogP contribution in [0, 0.1) is 6.92 Å². The Bertz CT molecular complexity index is 935. The molecule has 9 heteroatoms. The summed E-state index contributed by atoms with van der Waals surface area (Å²) < 4.78 is 69.0. The van der Waals surface area contributed by atoms with Gasteiger partial charge in [0.15, 0.2) is 0 Å². The molecule has 0 fully saturated rings. The van der Waals surface area contributed by atoms with Gasteiger partial charge in [-0.1, -0.05) is 29.8 Å². The number of rotatable bonds is 5. The molecular formula is C18H17BrF3NO3S. The normalized spacial score (nSPS) is 13.1. The van der Waals surface area contributed by atoms with Crippen LogP contribution in [0.5, 0.6) is 0 Å². The topological polar surface area (TPSA) is 46.6 Å². The highest BCUT2D eigenvalue weighted by atomic mass is 79.9. The van der Waals surface area contributed by atoms with Crippen LogP contribution in [-0.4, -0.2) is 28.7 Å². The SMILES string of the molecule is Cc1ccc(S(=O)(=O)O/C(=C(\Br)c2ccc(N(C)C)cc2)C(F)(F)F)cc1. The van der Waals surface area contributed by atoms with Gasteiger partial charge in [-0.05, 0) is 52.7 Å². The molecule has 0 atom stereocenters. The van der Waals surface area contributed by atoms with Crippen molar-refractivity contribution < 1.29 is 25.8 Å². The van der Waals surface area contributed by atoms with Crippen molar-refractivity contribution >= 4 is 36.2 Å². The molecule has 0 N–H and O–H groups in total. The number of halogens is 4. The predicted octanol–water partition coefficient (Wildman–Crippen LogP) is 5.09. The standard InChI is InChI=1S/C18H17BrF3NO3S/c1-12-4-10-15(11-5-12)27(24,25)26-17(18(20,21)22)16(19)13-6-8-14(9-7-13)23(2)3/h4-11H,1-3H3/b17-16-. The first-order valence-corrected chi connectivity index (χ1v) is 9.88. The molecule has 2 rings (SSSR count). The molecule has 0 aliphatic heterocycles. The van der Waals surface area contributed by atoms with Crippen LogP contribution in [0.4, 0.5) is 18.9 Å². The Morgan fingerprint density at radius 2 is 1.52 bits per heavy atom. The van der Waals surface area contributed by atoms with Crippen molar-refractivity contribution in [1.82, 2.24) is 0 Å². The molecule has 2 aromatic carbocycles. The van der Waals surface area contributed by atoms with Crippen LogP contribution >= 0.6 is 15.9 Å². The van der Waals surface area contributed by atoms with Crippen molar-refractivity contribution in [3.8, 4) is 0 Å². The first kappa shape index (κ1) is 21.3. The van der Waals surface area contributed by atoms with Crippen molar-refractivity contribution in [1.29, 1.82) is 0 Å². The van der Waals surface area contributed by atoms with Crippen molar-refractivity contribution in [3.63, 3.8) is 0 Å². The third-order valence-corrected chi connectivity index (χ3v) is 5.65. The summed E-state index contributed by atoms with van der Waals surface area (Å²) in [5.74, 6) is -1.64. The molecule has 0 aromatic heterocycles. The summed E-state index contributed by atoms with van der Waals surface area (Å²) in [6.45, 7) is 1.73. The van der Waals surface area contributed by atoms with E-state index in [0.29, 0.717) is 0 Å². The summed E-state index contributed by atoms with van der Waals surface area (Å²) in [7, 11) is -1.07. The monoisotopic (exact) mass is 463 g/mol. The first-order chi connectivity index (χ1) is 12.4. The molecule has 0 radical (unpaired) electrons. The fourth-order valence-electron chi connectivity index (χ4n) is 2.11. The summed E-state index contributed by atoms with van der Waals surface area (Å²) in [4.78, 5) is 1.42. The Kier molecular flexibility index (Phi) is 6.26. The van der Waals surface area contributed by atoms with Crippen molar-refractivity contribution in [3.05, 3.63) is 65.4 Å². The number of aryl methyl sites for hydroxylation is 1. The second-order valence-electron chi connectivity index (χ2n) is 5.93. The van der Waals surface area contributed by atoms with Gasteiger partial charge in [0.2, 0.25) is 5.76 Å². The lowest BCUT2D eigenvalue weighted by Crippen LogP contribution is -2.20. The minimum absolute atomic E-state index is 0.132. The van der Waals surface area contributed by atoms with E-state index in [1.807, 2.05) is 0 Å². The molecular weight excluding hydrogens is 447 g/mol. The van der Waals surface area contributed by atoms with Crippen LogP contribution in [0.1, 0.15) is 11.1 Å². The Hall–Kier alpha value is -2.00. The summed E-state index contributed by atoms with van der Waals surface area (Å²) >= 11 is 2.84. The maximum Gasteiger partial charge on any atom is 0.451 e. The molecule has 0 heterocycles. The summed E-state index contributed by atoms with van der Waals surface area (Å²) in [6.07, 6.45) is -5.02. The van der Waals surface area contributed by atoms with Gasteiger partial charge in [0.05, 0.1) is 4.48 Å². The molecule has 4 nitrogen and oxygen atoms in total. The van der Waals surface area contributed by atoms with Gasteiger partial charge in [-0.2, -0.15) is 21.6 Å². The largest absolute Gasteiger partial charge is 0.451 e. The summed E-state index contributed by atoms with van der Waals surface area (Å²) in [6, 6.07) is 11.4. The van der Waals surface area contributed by atoms with E-state index in [1.54, 1.807) is 38.1 Å². The number of hydrogen-bond donors (Lipinski definition) is 0. The predicted molar refractivity (Wildman–Crippen MR) is 102 cm³/mol. The van der Waals surface area contributed by atoms with E-state index in [9.17, 15) is 21.6 Å². The van der Waals surface area contributed by atoms with Gasteiger partial charge in [-0.3, -0.25) is 0 Å². The van der Waals surface area contributed by atoms with Crippen LogP contribution < -0.4 is 4.90 Å². The smallest absolute Gasteiger partial charge is 0.378 e. The number of hydrogen-bond acceptors (Lipinski definition) is 4. The average molecular weight is 464 g/mol. The van der Waals surface area contributed by atoms with E-state index in [1.165, 1.54) is 36.4 Å². The van der Waals surface area contributed by atoms with Gasteiger partial charge >= 0.3 is 16.3 Å². The molecule has 2 aromatic rings. The minimum atomic E-state index is -5.02. The van der Waals surface area contributed by atoms with E-state index < -0.39 is 26.5 Å². The summed E-state index contributed by atoms with van der Waals surface area (Å²) in [5, 5.41) is 0. The van der Waals surface area contributed by atoms with Crippen LogP contribution in [0.15, 0.2) is 59.2 Å². The Morgan fingerprint density at radius 3 is 1.96 bits per heavy atom. The second kappa shape index (κ2) is 7.93. The molecule has 0 unspecified atom stereocenters. The van der Waals surface area contributed by atoms with Crippen molar-refractivity contribution in [2.75, 3.05) is 19.0 Å². The number of alkyl halides is 3. The zero-order valence-electron chi connectivity index (χ0n) is 14.7. The highest BCUT2D eigenvalue weighted by Gasteiger charge is 2.42. The second-order valence-corrected chi connectivity index (χ2v) is 8.27. The highest BCUT2D eigenvalue weighted by molar-refractivity contribution is 9.15. The van der Waals surface area contributed by atoms with Gasteiger partial charge in [0, 0.05) is 19.8 Å². The molecule has 0 aliphatic rings. The lowest BCUT2D eigenvalue weighted by atomic mass is 10.1. The lowest BCUT2D eigenvalue weighted by molar-refractivity contribution is -0.114. The van der Waals surface area contributed by atoms with Gasteiger partial charge in [-0.15, -0.1) is 0 Å². The van der Waals surface area contributed by atoms with E-state index in [4.69, 9.17) is 0 Å². The molecule has 0 aliphatic carbocycles. The lowest BCUT2D eigenvalue weighted by Gasteiger charge is -2.17. The molecule has 146 valence electrons. The van der Waals surface area contributed by atoms with Crippen LogP contribution in [0.2, 0.25) is 0 Å². The average Bonchev–Trinajstić information content (AvgIpc) is 2.58. The highest BCUT2D eigenvalue weighted by Crippen LogP contribution is 2.38. The van der Waals surface area contributed by atoms with E-state index in [2.05, 4.69) is 20.1 Å². The molecule has 0 bridgehead atoms. The maximum absolute atomic E-state index is 13.5. The summed E-state index contributed by atoms with van der Waals surface area (Å²) in [5.41, 5.74) is 1.68. The molecule has 0 spiro atoms. The molecule has 0 saturated heterocycles. The third-order valence-electron chi connectivity index (χ3n) is 3.60. The maximum atomic E-state index is 13.5. The van der Waals surface area contributed by atoms with E-state index >= 15 is 0 Å². The number of anilines is 1. The third kappa shape index (κ3) is 5.26. The van der Waals surface area contributed by atoms with E-state index in [-0.39, 0.29) is 10.5 Å². The number of benzene rings is 2. The first-order valence-electron chi connectivity index (χ1n) is 7.67. The zero-order valence-corrected chi connectivity index (χ0v) is 17.1.